The number of pyridine rings is 1. The minimum absolute atomic E-state index is 0.981. The molecular formula is C14H17N3. The van der Waals surface area contributed by atoms with Crippen molar-refractivity contribution in [3.63, 3.8) is 0 Å². The smallest absolute Gasteiger partial charge is 0.0564 e. The van der Waals surface area contributed by atoms with Gasteiger partial charge in [0.05, 0.1) is 5.69 Å². The van der Waals surface area contributed by atoms with Gasteiger partial charge in [-0.2, -0.15) is 0 Å². The molecule has 0 aliphatic carbocycles. The quantitative estimate of drug-likeness (QED) is 0.803. The molecule has 1 fully saturated rings. The van der Waals surface area contributed by atoms with Crippen LogP contribution in [0, 0.1) is 0 Å². The van der Waals surface area contributed by atoms with Gasteiger partial charge in [0.2, 0.25) is 0 Å². The lowest BCUT2D eigenvalue weighted by atomic mass is 10.3. The molecule has 0 aromatic carbocycles. The molecule has 0 atom stereocenters. The van der Waals surface area contributed by atoms with Crippen molar-refractivity contribution in [1.82, 2.24) is 14.5 Å². The molecule has 0 radical (unpaired) electrons. The average molecular weight is 227 g/mol. The summed E-state index contributed by atoms with van der Waals surface area (Å²) < 4.78 is 2.12. The summed E-state index contributed by atoms with van der Waals surface area (Å²) in [4.78, 5) is 6.93. The van der Waals surface area contributed by atoms with Crippen LogP contribution in [-0.2, 0) is 6.54 Å². The lowest BCUT2D eigenvalue weighted by Crippen LogP contribution is -2.19. The van der Waals surface area contributed by atoms with Crippen LogP contribution >= 0.6 is 0 Å². The summed E-state index contributed by atoms with van der Waals surface area (Å²) in [6, 6.07) is 8.31. The molecule has 88 valence electrons. The van der Waals surface area contributed by atoms with Gasteiger partial charge in [-0.15, -0.1) is 0 Å². The van der Waals surface area contributed by atoms with Crippen molar-refractivity contribution < 1.29 is 0 Å². The van der Waals surface area contributed by atoms with Crippen molar-refractivity contribution in [1.29, 1.82) is 0 Å². The maximum atomic E-state index is 4.46. The standard InChI is InChI=1S/C14H17N3/c1-2-8-16(7-1)12-13-11-14(5-6-15-13)17-9-3-4-10-17/h3-6,9-11H,1-2,7-8,12H2. The molecule has 17 heavy (non-hydrogen) atoms. The highest BCUT2D eigenvalue weighted by atomic mass is 15.1. The first-order valence-electron chi connectivity index (χ1n) is 6.22. The Morgan fingerprint density at radius 3 is 2.65 bits per heavy atom. The second-order valence-corrected chi connectivity index (χ2v) is 4.58. The molecule has 3 nitrogen and oxygen atoms in total. The molecule has 0 amide bonds. The van der Waals surface area contributed by atoms with Gasteiger partial charge in [0.25, 0.3) is 0 Å². The van der Waals surface area contributed by atoms with E-state index in [0.29, 0.717) is 0 Å². The van der Waals surface area contributed by atoms with Crippen LogP contribution in [0.5, 0.6) is 0 Å². The number of aromatic nitrogens is 2. The van der Waals surface area contributed by atoms with Gasteiger partial charge in [0.15, 0.2) is 0 Å². The Morgan fingerprint density at radius 2 is 1.88 bits per heavy atom. The van der Waals surface area contributed by atoms with Crippen LogP contribution in [0.3, 0.4) is 0 Å². The van der Waals surface area contributed by atoms with Gasteiger partial charge in [-0.25, -0.2) is 0 Å². The summed E-state index contributed by atoms with van der Waals surface area (Å²) in [6.07, 6.45) is 8.69. The molecule has 2 aromatic rings. The fourth-order valence-electron chi connectivity index (χ4n) is 2.39. The number of hydrogen-bond donors (Lipinski definition) is 0. The first-order chi connectivity index (χ1) is 8.42. The van der Waals surface area contributed by atoms with Gasteiger partial charge in [0.1, 0.15) is 0 Å². The molecular weight excluding hydrogens is 210 g/mol. The van der Waals surface area contributed by atoms with E-state index in [-0.39, 0.29) is 0 Å². The fourth-order valence-corrected chi connectivity index (χ4v) is 2.39. The largest absolute Gasteiger partial charge is 0.324 e. The Hall–Kier alpha value is -1.61. The molecule has 1 saturated heterocycles. The highest BCUT2D eigenvalue weighted by Gasteiger charge is 2.12. The zero-order valence-corrected chi connectivity index (χ0v) is 9.92. The summed E-state index contributed by atoms with van der Waals surface area (Å²) in [5, 5.41) is 0. The van der Waals surface area contributed by atoms with Crippen LogP contribution in [0.15, 0.2) is 42.9 Å². The number of likely N-dealkylation sites (tertiary alicyclic amines) is 1. The van der Waals surface area contributed by atoms with Gasteiger partial charge in [-0.1, -0.05) is 0 Å². The van der Waals surface area contributed by atoms with Crippen LogP contribution in [-0.4, -0.2) is 27.5 Å². The van der Waals surface area contributed by atoms with Gasteiger partial charge in [-0.3, -0.25) is 9.88 Å². The van der Waals surface area contributed by atoms with Crippen LogP contribution in [0.25, 0.3) is 5.69 Å². The summed E-state index contributed by atoms with van der Waals surface area (Å²) in [5.74, 6) is 0. The van der Waals surface area contributed by atoms with Crippen LogP contribution in [0.2, 0.25) is 0 Å². The maximum absolute atomic E-state index is 4.46. The highest BCUT2D eigenvalue weighted by molar-refractivity contribution is 5.32. The highest BCUT2D eigenvalue weighted by Crippen LogP contribution is 2.14. The van der Waals surface area contributed by atoms with E-state index < -0.39 is 0 Å². The van der Waals surface area contributed by atoms with Crippen molar-refractivity contribution in [3.05, 3.63) is 48.5 Å². The Kier molecular flexibility index (Phi) is 2.92. The Morgan fingerprint density at radius 1 is 1.12 bits per heavy atom. The van der Waals surface area contributed by atoms with E-state index in [1.54, 1.807) is 0 Å². The van der Waals surface area contributed by atoms with Gasteiger partial charge in [0, 0.05) is 30.8 Å². The average Bonchev–Trinajstić information content (AvgIpc) is 3.01. The first-order valence-corrected chi connectivity index (χ1v) is 6.22. The molecule has 0 bridgehead atoms. The van der Waals surface area contributed by atoms with E-state index >= 15 is 0 Å². The third kappa shape index (κ3) is 2.39. The summed E-state index contributed by atoms with van der Waals surface area (Å²) in [6.45, 7) is 3.42. The van der Waals surface area contributed by atoms with Gasteiger partial charge in [-0.05, 0) is 50.2 Å². The minimum atomic E-state index is 0.981. The zero-order valence-electron chi connectivity index (χ0n) is 9.92. The predicted octanol–water partition coefficient (Wildman–Crippen LogP) is 2.47. The first kappa shape index (κ1) is 10.5. The van der Waals surface area contributed by atoms with Gasteiger partial charge >= 0.3 is 0 Å². The van der Waals surface area contributed by atoms with Crippen LogP contribution in [0.1, 0.15) is 18.5 Å². The van der Waals surface area contributed by atoms with Crippen LogP contribution in [0.4, 0.5) is 0 Å². The lowest BCUT2D eigenvalue weighted by molar-refractivity contribution is 0.327. The number of nitrogens with zero attached hydrogens (tertiary/aromatic N) is 3. The molecule has 1 aliphatic heterocycles. The molecule has 3 rings (SSSR count). The van der Waals surface area contributed by atoms with Crippen LogP contribution < -0.4 is 0 Å². The summed E-state index contributed by atoms with van der Waals surface area (Å²) in [7, 11) is 0. The second-order valence-electron chi connectivity index (χ2n) is 4.58. The molecule has 0 saturated carbocycles. The van der Waals surface area contributed by atoms with E-state index in [4.69, 9.17) is 0 Å². The van der Waals surface area contributed by atoms with E-state index in [1.807, 2.05) is 24.4 Å². The second kappa shape index (κ2) is 4.72. The van der Waals surface area contributed by atoms with Crippen molar-refractivity contribution >= 4 is 0 Å². The normalized spacial score (nSPS) is 16.5. The molecule has 3 heteroatoms. The molecule has 1 aliphatic rings. The van der Waals surface area contributed by atoms with E-state index in [1.165, 1.54) is 31.6 Å². The molecule has 3 heterocycles. The Bertz CT molecular complexity index is 470. The SMILES string of the molecule is c1ccn(-c2ccnc(CN3CCCC3)c2)c1. The lowest BCUT2D eigenvalue weighted by Gasteiger charge is -2.14. The summed E-state index contributed by atoms with van der Waals surface area (Å²) in [5.41, 5.74) is 2.36. The van der Waals surface area contributed by atoms with Crippen molar-refractivity contribution in [2.45, 2.75) is 19.4 Å². The Balaban J connectivity index is 1.79. The number of hydrogen-bond acceptors (Lipinski definition) is 2. The number of rotatable bonds is 3. The third-order valence-corrected chi connectivity index (χ3v) is 3.29. The molecule has 0 N–H and O–H groups in total. The minimum Gasteiger partial charge on any atom is -0.324 e. The molecule has 0 spiro atoms. The van der Waals surface area contributed by atoms with E-state index in [2.05, 4.69) is 32.9 Å². The topological polar surface area (TPSA) is 21.1 Å². The van der Waals surface area contributed by atoms with Crippen molar-refractivity contribution in [2.75, 3.05) is 13.1 Å². The van der Waals surface area contributed by atoms with E-state index in [0.717, 1.165) is 12.2 Å². The van der Waals surface area contributed by atoms with Crippen molar-refractivity contribution in [3.8, 4) is 5.69 Å². The fraction of sp³-hybridized carbons (Fsp3) is 0.357. The summed E-state index contributed by atoms with van der Waals surface area (Å²) >= 11 is 0. The van der Waals surface area contributed by atoms with E-state index in [9.17, 15) is 0 Å². The molecule has 2 aromatic heterocycles. The maximum Gasteiger partial charge on any atom is 0.0564 e. The zero-order chi connectivity index (χ0) is 11.5. The van der Waals surface area contributed by atoms with Crippen molar-refractivity contribution in [2.24, 2.45) is 0 Å². The Labute approximate surface area is 102 Å². The molecule has 0 unspecified atom stereocenters. The third-order valence-electron chi connectivity index (χ3n) is 3.29. The van der Waals surface area contributed by atoms with Gasteiger partial charge < -0.3 is 4.57 Å². The monoisotopic (exact) mass is 227 g/mol. The predicted molar refractivity (Wildman–Crippen MR) is 68.1 cm³/mol.